The molecule has 2 fully saturated rings. The van der Waals surface area contributed by atoms with Gasteiger partial charge in [0.1, 0.15) is 17.5 Å². The van der Waals surface area contributed by atoms with Gasteiger partial charge in [-0.25, -0.2) is 4.79 Å². The first kappa shape index (κ1) is 48.8. The van der Waals surface area contributed by atoms with Crippen molar-refractivity contribution in [1.29, 1.82) is 0 Å². The van der Waals surface area contributed by atoms with Crippen LogP contribution in [0.3, 0.4) is 0 Å². The van der Waals surface area contributed by atoms with E-state index >= 15 is 0 Å². The molecule has 2 saturated heterocycles. The number of carbonyl (C=O) groups excluding carboxylic acids is 4. The minimum Gasteiger partial charge on any atom is -0.458 e. The number of aliphatic hydroxyl groups excluding tert-OH is 4. The van der Waals surface area contributed by atoms with Crippen molar-refractivity contribution in [2.24, 2.45) is 53.3 Å². The second kappa shape index (κ2) is 20.6. The number of carbonyl (C=O) groups is 4. The van der Waals surface area contributed by atoms with Crippen LogP contribution in [0.1, 0.15) is 115 Å². The Hall–Kier alpha value is -2.58. The number of allylic oxidation sites excluding steroid dienone is 4. The van der Waals surface area contributed by atoms with Crippen molar-refractivity contribution >= 4 is 23.3 Å². The van der Waals surface area contributed by atoms with E-state index in [1.807, 2.05) is 32.1 Å². The summed E-state index contributed by atoms with van der Waals surface area (Å²) in [5.74, 6) is -9.55. The molecule has 0 aromatic heterocycles. The average Bonchev–Trinajstić information content (AvgIpc) is 3.16. The molecule has 3 aliphatic rings. The topological polar surface area (TPSA) is 197 Å². The summed E-state index contributed by atoms with van der Waals surface area (Å²) >= 11 is 0. The van der Waals surface area contributed by atoms with E-state index < -0.39 is 107 Å². The quantitative estimate of drug-likeness (QED) is 0.238. The van der Waals surface area contributed by atoms with E-state index in [1.54, 1.807) is 27.7 Å². The van der Waals surface area contributed by atoms with Crippen LogP contribution in [0.5, 0.6) is 0 Å². The molecule has 0 unspecified atom stereocenters. The fourth-order valence-corrected chi connectivity index (χ4v) is 8.91. The van der Waals surface area contributed by atoms with E-state index in [0.29, 0.717) is 25.7 Å². The summed E-state index contributed by atoms with van der Waals surface area (Å²) in [6.45, 7) is 18.3. The van der Waals surface area contributed by atoms with E-state index in [-0.39, 0.29) is 30.0 Å². The summed E-state index contributed by atoms with van der Waals surface area (Å²) < 4.78 is 19.4. The third-order valence-electron chi connectivity index (χ3n) is 13.2. The highest BCUT2D eigenvalue weighted by Gasteiger charge is 2.61. The number of hydrogen-bond acceptors (Lipinski definition) is 12. The van der Waals surface area contributed by atoms with Gasteiger partial charge >= 0.3 is 5.97 Å². The van der Waals surface area contributed by atoms with E-state index in [2.05, 4.69) is 13.0 Å². The first-order chi connectivity index (χ1) is 26.5. The summed E-state index contributed by atoms with van der Waals surface area (Å²) in [6.07, 6.45) is 6.53. The molecule has 0 aromatic rings. The Labute approximate surface area is 340 Å². The zero-order chi connectivity index (χ0) is 43.2. The number of rotatable bonds is 3. The molecule has 12 nitrogen and oxygen atoms in total. The zero-order valence-electron chi connectivity index (χ0n) is 36.0. The molecule has 0 radical (unpaired) electrons. The Bertz CT molecular complexity index is 1470. The number of aliphatic hydroxyl groups is 5. The van der Waals surface area contributed by atoms with Crippen LogP contribution < -0.4 is 0 Å². The number of fused-ring (bicyclic) bond motifs is 2. The van der Waals surface area contributed by atoms with Crippen LogP contribution in [0, 0.1) is 53.3 Å². The average molecular weight is 805 g/mol. The number of ether oxygens (including phenoxy) is 3. The smallest absolute Gasteiger partial charge is 0.330 e. The van der Waals surface area contributed by atoms with Crippen LogP contribution in [-0.4, -0.2) is 103 Å². The van der Waals surface area contributed by atoms with Crippen LogP contribution >= 0.6 is 0 Å². The summed E-state index contributed by atoms with van der Waals surface area (Å²) in [6, 6.07) is 0. The van der Waals surface area contributed by atoms with Gasteiger partial charge < -0.3 is 39.7 Å². The highest BCUT2D eigenvalue weighted by Crippen LogP contribution is 2.47. The van der Waals surface area contributed by atoms with Gasteiger partial charge in [0.05, 0.1) is 42.5 Å². The summed E-state index contributed by atoms with van der Waals surface area (Å²) in [5.41, 5.74) is -2.21. The molecule has 0 aliphatic carbocycles. The fourth-order valence-electron chi connectivity index (χ4n) is 8.91. The van der Waals surface area contributed by atoms with Crippen LogP contribution in [0.4, 0.5) is 0 Å². The molecule has 5 N–H and O–H groups in total. The van der Waals surface area contributed by atoms with Gasteiger partial charge in [-0.3, -0.25) is 14.4 Å². The van der Waals surface area contributed by atoms with Crippen LogP contribution in [-0.2, 0) is 33.4 Å². The Morgan fingerprint density at radius 3 is 2.09 bits per heavy atom. The molecule has 0 amide bonds. The Kier molecular flexibility index (Phi) is 17.6. The minimum atomic E-state index is -2.21. The Balaban J connectivity index is 2.02. The predicted octanol–water partition coefficient (Wildman–Crippen LogP) is 5.06. The Morgan fingerprint density at radius 2 is 1.47 bits per heavy atom. The maximum Gasteiger partial charge on any atom is 0.330 e. The monoisotopic (exact) mass is 805 g/mol. The highest BCUT2D eigenvalue weighted by atomic mass is 16.7. The third-order valence-corrected chi connectivity index (χ3v) is 13.2. The lowest BCUT2D eigenvalue weighted by molar-refractivity contribution is -0.344. The Morgan fingerprint density at radius 1 is 0.842 bits per heavy atom. The van der Waals surface area contributed by atoms with Crippen molar-refractivity contribution in [2.45, 2.75) is 169 Å². The normalized spacial score (nSPS) is 44.5. The standard InChI is InChI=1S/C45H72O12/c1-12-33-17-15-13-14-16-25(3)42(52)44(11,54)43(53)31(9)40(51)30(8)39(50)29(7)38(49)24(2)18-21-37(48)55-41-28(6)34(20-19-33)56-45(32(41)10)36(47)22-26(4)35(57-45)23-27(5)46/h13-15,17-18,21,24-35,38,40-42,46,49,51-52,54H,12,16,19-20,22-23H2,1-11H3/t24-,25+,26-,27+,28+,29-,30-,31-,32-,33-,34-,35-,38+,40+,41+,42-,44+,45+/m1/s1. The summed E-state index contributed by atoms with van der Waals surface area (Å²) in [4.78, 5) is 54.5. The molecule has 3 rings (SSSR count). The molecule has 3 heterocycles. The molecule has 18 atom stereocenters. The number of hydrogen-bond donors (Lipinski definition) is 5. The second-order valence-corrected chi connectivity index (χ2v) is 17.9. The molecule has 57 heavy (non-hydrogen) atoms. The van der Waals surface area contributed by atoms with Gasteiger partial charge in [-0.2, -0.15) is 0 Å². The van der Waals surface area contributed by atoms with Gasteiger partial charge in [0.2, 0.25) is 5.79 Å². The van der Waals surface area contributed by atoms with Gasteiger partial charge in [-0.15, -0.1) is 0 Å². The van der Waals surface area contributed by atoms with Crippen LogP contribution in [0.2, 0.25) is 0 Å². The third kappa shape index (κ3) is 11.4. The lowest BCUT2D eigenvalue weighted by Gasteiger charge is -2.54. The first-order valence-corrected chi connectivity index (χ1v) is 21.1. The molecular weight excluding hydrogens is 732 g/mol. The number of Topliss-reactive ketones (excluding diaryl/α,β-unsaturated/α-hetero) is 3. The van der Waals surface area contributed by atoms with Crippen molar-refractivity contribution in [2.75, 3.05) is 0 Å². The van der Waals surface area contributed by atoms with E-state index in [9.17, 15) is 44.7 Å². The molecule has 12 heteroatoms. The second-order valence-electron chi connectivity index (χ2n) is 17.9. The molecule has 1 spiro atoms. The van der Waals surface area contributed by atoms with Gasteiger partial charge in [0, 0.05) is 42.1 Å². The molecule has 0 saturated carbocycles. The maximum absolute atomic E-state index is 14.0. The van der Waals surface area contributed by atoms with E-state index in [0.717, 1.165) is 6.42 Å². The van der Waals surface area contributed by atoms with Gasteiger partial charge in [-0.05, 0) is 63.7 Å². The van der Waals surface area contributed by atoms with Gasteiger partial charge in [0.15, 0.2) is 11.6 Å². The van der Waals surface area contributed by atoms with Crippen molar-refractivity contribution < 1.29 is 58.9 Å². The highest BCUT2D eigenvalue weighted by molar-refractivity contribution is 5.91. The lowest BCUT2D eigenvalue weighted by Crippen LogP contribution is -2.66. The van der Waals surface area contributed by atoms with E-state index in [4.69, 9.17) is 14.2 Å². The zero-order valence-corrected chi connectivity index (χ0v) is 36.0. The summed E-state index contributed by atoms with van der Waals surface area (Å²) in [5, 5.41) is 55.0. The first-order valence-electron chi connectivity index (χ1n) is 21.1. The summed E-state index contributed by atoms with van der Waals surface area (Å²) in [7, 11) is 0. The van der Waals surface area contributed by atoms with Gasteiger partial charge in [-0.1, -0.05) is 92.7 Å². The van der Waals surface area contributed by atoms with Gasteiger partial charge in [0.25, 0.3) is 0 Å². The molecule has 3 aliphatic heterocycles. The predicted molar refractivity (Wildman–Crippen MR) is 215 cm³/mol. The minimum absolute atomic E-state index is 0.132. The number of ketones is 3. The molecule has 0 aromatic carbocycles. The molecule has 324 valence electrons. The number of esters is 1. The molecule has 2 bridgehead atoms. The van der Waals surface area contributed by atoms with Crippen molar-refractivity contribution in [3.05, 3.63) is 36.5 Å². The van der Waals surface area contributed by atoms with Crippen molar-refractivity contribution in [3.63, 3.8) is 0 Å². The van der Waals surface area contributed by atoms with E-state index in [1.165, 1.54) is 39.8 Å². The SMILES string of the molecule is CC[C@@H]1C=CC=CC[C@H](C)[C@@H](O)[C@](C)(O)C(=O)[C@H](C)[C@@H](O)[C@H](C)C(=O)[C@H](C)[C@@H](O)[C@H](C)C=CC(=O)O[C@H]2[C@@H](C)[C@@H](CC1)O[C@]1(O[C@H](C[C@H](C)O)[C@H](C)CC1=O)[C@@H]2C. The fraction of sp³-hybridized carbons (Fsp3) is 0.778. The largest absolute Gasteiger partial charge is 0.458 e. The van der Waals surface area contributed by atoms with Crippen molar-refractivity contribution in [1.82, 2.24) is 0 Å². The van der Waals surface area contributed by atoms with Crippen LogP contribution in [0.25, 0.3) is 0 Å². The maximum atomic E-state index is 14.0. The lowest BCUT2D eigenvalue weighted by atomic mass is 9.74. The molecular formula is C45H72O12. The van der Waals surface area contributed by atoms with Crippen LogP contribution in [0.15, 0.2) is 36.5 Å². The van der Waals surface area contributed by atoms with Crippen molar-refractivity contribution in [3.8, 4) is 0 Å².